The van der Waals surface area contributed by atoms with Crippen molar-refractivity contribution in [1.29, 1.82) is 0 Å². The summed E-state index contributed by atoms with van der Waals surface area (Å²) in [5.41, 5.74) is 0. The molecule has 2 fully saturated rings. The lowest BCUT2D eigenvalue weighted by Gasteiger charge is -2.26. The highest BCUT2D eigenvalue weighted by molar-refractivity contribution is 7.73. The minimum Gasteiger partial charge on any atom is -0.343 e. The Morgan fingerprint density at radius 2 is 2.44 bits per heavy atom. The first-order valence-electron chi connectivity index (χ1n) is 5.01. The molecule has 2 bridgehead atoms. The fourth-order valence-electron chi connectivity index (χ4n) is 2.06. The maximum absolute atomic E-state index is 11.6. The zero-order chi connectivity index (χ0) is 11.3. The van der Waals surface area contributed by atoms with Gasteiger partial charge in [-0.15, -0.1) is 0 Å². The van der Waals surface area contributed by atoms with Crippen LogP contribution in [0.15, 0.2) is 0 Å². The molecule has 1 aromatic rings. The van der Waals surface area contributed by atoms with E-state index in [0.717, 1.165) is 5.01 Å². The highest BCUT2D eigenvalue weighted by Crippen LogP contribution is 2.33. The zero-order valence-electron chi connectivity index (χ0n) is 8.58. The molecule has 0 saturated carbocycles. The van der Waals surface area contributed by atoms with Gasteiger partial charge in [-0.1, -0.05) is 11.3 Å². The average molecular weight is 258 g/mol. The van der Waals surface area contributed by atoms with Gasteiger partial charge in [0.15, 0.2) is 9.74 Å². The van der Waals surface area contributed by atoms with Gasteiger partial charge in [-0.05, 0) is 19.1 Å². The molecule has 0 aliphatic carbocycles. The maximum atomic E-state index is 11.6. The van der Waals surface area contributed by atoms with E-state index in [0.29, 0.717) is 17.0 Å². The van der Waals surface area contributed by atoms with Crippen LogP contribution in [0, 0.1) is 10.9 Å². The Balaban J connectivity index is 1.98. The van der Waals surface area contributed by atoms with E-state index in [1.807, 2.05) is 6.92 Å². The van der Waals surface area contributed by atoms with Gasteiger partial charge < -0.3 is 9.47 Å². The highest BCUT2D eigenvalue weighted by atomic mass is 32.1. The van der Waals surface area contributed by atoms with E-state index in [-0.39, 0.29) is 17.9 Å². The van der Waals surface area contributed by atoms with Crippen LogP contribution >= 0.6 is 23.6 Å². The summed E-state index contributed by atoms with van der Waals surface area (Å²) in [5.74, 6) is -0.0219. The van der Waals surface area contributed by atoms with Gasteiger partial charge in [0.2, 0.25) is 6.29 Å². The van der Waals surface area contributed by atoms with Crippen molar-refractivity contribution in [3.8, 4) is 0 Å². The number of aryl methyl sites for hydroxylation is 1. The van der Waals surface area contributed by atoms with Crippen LogP contribution in [0.3, 0.4) is 0 Å². The van der Waals surface area contributed by atoms with Crippen molar-refractivity contribution in [3.05, 3.63) is 8.96 Å². The molecular weight excluding hydrogens is 248 g/mol. The Hall–Kier alpha value is -0.630. The molecule has 0 spiro atoms. The van der Waals surface area contributed by atoms with Gasteiger partial charge in [0, 0.05) is 6.42 Å². The Labute approximate surface area is 101 Å². The Morgan fingerprint density at radius 1 is 1.62 bits per heavy atom. The lowest BCUT2D eigenvalue weighted by atomic mass is 10.0. The van der Waals surface area contributed by atoms with Gasteiger partial charge in [-0.3, -0.25) is 4.79 Å². The second kappa shape index (κ2) is 3.69. The van der Waals surface area contributed by atoms with Crippen molar-refractivity contribution in [2.45, 2.75) is 31.8 Å². The van der Waals surface area contributed by atoms with Crippen molar-refractivity contribution in [1.82, 2.24) is 9.78 Å². The first-order valence-corrected chi connectivity index (χ1v) is 6.23. The minimum atomic E-state index is -0.657. The summed E-state index contributed by atoms with van der Waals surface area (Å²) in [4.78, 5) is 11.6. The summed E-state index contributed by atoms with van der Waals surface area (Å²) >= 11 is 6.67. The van der Waals surface area contributed by atoms with Crippen LogP contribution < -0.4 is 0 Å². The predicted octanol–water partition coefficient (Wildman–Crippen LogP) is 1.24. The van der Waals surface area contributed by atoms with Gasteiger partial charge in [-0.2, -0.15) is 5.10 Å². The number of rotatable bonds is 1. The van der Waals surface area contributed by atoms with E-state index >= 15 is 0 Å². The lowest BCUT2D eigenvalue weighted by Crippen LogP contribution is -2.37. The topological polar surface area (TPSA) is 53.4 Å². The summed E-state index contributed by atoms with van der Waals surface area (Å²) in [6.07, 6.45) is -0.363. The molecule has 2 aliphatic rings. The standard InChI is InChI=1S/C9H10N2O3S2/c1-4-10-11(9(15)16-4)5-2-6(12)8-13-3-7(5)14-8/h5,7-8H,2-3H2,1H3. The van der Waals surface area contributed by atoms with Crippen LogP contribution in [0.4, 0.5) is 0 Å². The number of hydrogen-bond acceptors (Lipinski definition) is 6. The van der Waals surface area contributed by atoms with Crippen LogP contribution in [0.1, 0.15) is 17.5 Å². The molecule has 1 aromatic heterocycles. The molecular formula is C9H10N2O3S2. The molecule has 16 heavy (non-hydrogen) atoms. The molecule has 0 aromatic carbocycles. The smallest absolute Gasteiger partial charge is 0.218 e. The monoisotopic (exact) mass is 258 g/mol. The van der Waals surface area contributed by atoms with E-state index in [9.17, 15) is 4.79 Å². The van der Waals surface area contributed by atoms with Gasteiger partial charge in [0.05, 0.1) is 12.6 Å². The first-order chi connectivity index (χ1) is 7.65. The first kappa shape index (κ1) is 10.5. The van der Waals surface area contributed by atoms with Crippen molar-refractivity contribution in [2.75, 3.05) is 6.61 Å². The minimum absolute atomic E-state index is 0.0219. The number of ketones is 1. The molecule has 0 N–H and O–H groups in total. The summed E-state index contributed by atoms with van der Waals surface area (Å²) in [6.45, 7) is 2.34. The number of ether oxygens (including phenoxy) is 2. The van der Waals surface area contributed by atoms with Crippen LogP contribution in [0.5, 0.6) is 0 Å². The number of hydrogen-bond donors (Lipinski definition) is 0. The number of nitrogens with zero attached hydrogens (tertiary/aromatic N) is 2. The molecule has 2 aliphatic heterocycles. The van der Waals surface area contributed by atoms with Crippen LogP contribution in [0.2, 0.25) is 0 Å². The third kappa shape index (κ3) is 1.55. The SMILES string of the molecule is Cc1nn(C2CC(=O)C3OCC2O3)c(=S)s1. The highest BCUT2D eigenvalue weighted by Gasteiger charge is 2.44. The van der Waals surface area contributed by atoms with Gasteiger partial charge in [-0.25, -0.2) is 4.68 Å². The number of aromatic nitrogens is 2. The van der Waals surface area contributed by atoms with Crippen molar-refractivity contribution in [3.63, 3.8) is 0 Å². The largest absolute Gasteiger partial charge is 0.343 e. The second-order valence-electron chi connectivity index (χ2n) is 3.91. The van der Waals surface area contributed by atoms with E-state index in [1.165, 1.54) is 11.3 Å². The van der Waals surface area contributed by atoms with Crippen molar-refractivity contribution < 1.29 is 14.3 Å². The predicted molar refractivity (Wildman–Crippen MR) is 58.9 cm³/mol. The Bertz CT molecular complexity index is 495. The van der Waals surface area contributed by atoms with Gasteiger partial charge in [0.25, 0.3) is 0 Å². The number of carbonyl (C=O) groups is 1. The Kier molecular flexibility index (Phi) is 2.43. The van der Waals surface area contributed by atoms with Crippen molar-refractivity contribution >= 4 is 29.3 Å². The average Bonchev–Trinajstić information content (AvgIpc) is 2.78. The fourth-order valence-corrected chi connectivity index (χ4v) is 3.25. The molecule has 86 valence electrons. The molecule has 7 heteroatoms. The van der Waals surface area contributed by atoms with E-state index in [1.54, 1.807) is 4.68 Å². The molecule has 2 saturated heterocycles. The van der Waals surface area contributed by atoms with Crippen molar-refractivity contribution in [2.24, 2.45) is 0 Å². The molecule has 3 heterocycles. The van der Waals surface area contributed by atoms with E-state index < -0.39 is 6.29 Å². The number of carbonyl (C=O) groups excluding carboxylic acids is 1. The zero-order valence-corrected chi connectivity index (χ0v) is 10.2. The summed E-state index contributed by atoms with van der Waals surface area (Å²) in [6, 6.07) is -0.108. The third-order valence-corrected chi connectivity index (χ3v) is 3.97. The fraction of sp³-hybridized carbons (Fsp3) is 0.667. The summed E-state index contributed by atoms with van der Waals surface area (Å²) in [7, 11) is 0. The summed E-state index contributed by atoms with van der Waals surface area (Å²) in [5, 5.41) is 5.23. The van der Waals surface area contributed by atoms with Crippen LogP contribution in [0.25, 0.3) is 0 Å². The maximum Gasteiger partial charge on any atom is 0.218 e. The molecule has 3 atom stereocenters. The lowest BCUT2D eigenvalue weighted by molar-refractivity contribution is -0.156. The van der Waals surface area contributed by atoms with E-state index in [2.05, 4.69) is 5.10 Å². The van der Waals surface area contributed by atoms with Gasteiger partial charge >= 0.3 is 0 Å². The molecule has 0 radical (unpaired) electrons. The Morgan fingerprint density at radius 3 is 3.12 bits per heavy atom. The molecule has 5 nitrogen and oxygen atoms in total. The van der Waals surface area contributed by atoms with E-state index in [4.69, 9.17) is 21.7 Å². The normalized spacial score (nSPS) is 33.3. The number of Topliss-reactive ketones (excluding diaryl/α,β-unsaturated/α-hetero) is 1. The molecule has 0 amide bonds. The van der Waals surface area contributed by atoms with Gasteiger partial charge in [0.1, 0.15) is 11.1 Å². The molecule has 3 unspecified atom stereocenters. The van der Waals surface area contributed by atoms with Crippen LogP contribution in [-0.4, -0.2) is 34.6 Å². The van der Waals surface area contributed by atoms with Crippen LogP contribution in [-0.2, 0) is 14.3 Å². The third-order valence-electron chi connectivity index (χ3n) is 2.80. The quantitative estimate of drug-likeness (QED) is 0.709. The molecule has 3 rings (SSSR count). The second-order valence-corrected chi connectivity index (χ2v) is 5.74. The summed E-state index contributed by atoms with van der Waals surface area (Å²) < 4.78 is 13.1. The number of fused-ring (bicyclic) bond motifs is 2.